The molecule has 1 atom stereocenters. The summed E-state index contributed by atoms with van der Waals surface area (Å²) in [4.78, 5) is 13.0. The first-order valence-electron chi connectivity index (χ1n) is 6.68. The zero-order valence-corrected chi connectivity index (χ0v) is 11.9. The second-order valence-electron chi connectivity index (χ2n) is 5.67. The molecule has 1 aliphatic heterocycles. The van der Waals surface area contributed by atoms with Crippen LogP contribution in [0.2, 0.25) is 0 Å². The van der Waals surface area contributed by atoms with Crippen molar-refractivity contribution >= 4 is 5.97 Å². The molecule has 5 nitrogen and oxygen atoms in total. The number of nitrogens with zero attached hydrogens (tertiary/aromatic N) is 1. The fourth-order valence-corrected chi connectivity index (χ4v) is 2.19. The second-order valence-corrected chi connectivity index (χ2v) is 5.67. The van der Waals surface area contributed by atoms with Gasteiger partial charge in [-0.15, -0.1) is 0 Å². The highest BCUT2D eigenvalue weighted by atomic mass is 16.5. The number of hydrogen-bond donors (Lipinski definition) is 2. The number of ether oxygens (including phenoxy) is 1. The largest absolute Gasteiger partial charge is 0.481 e. The molecule has 1 heterocycles. The molecule has 1 rings (SSSR count). The molecule has 0 saturated carbocycles. The van der Waals surface area contributed by atoms with Crippen LogP contribution >= 0.6 is 0 Å². The molecule has 1 unspecified atom stereocenters. The summed E-state index contributed by atoms with van der Waals surface area (Å²) in [5, 5.41) is 12.3. The van der Waals surface area contributed by atoms with Gasteiger partial charge in [0.15, 0.2) is 0 Å². The van der Waals surface area contributed by atoms with E-state index in [4.69, 9.17) is 9.84 Å². The lowest BCUT2D eigenvalue weighted by Gasteiger charge is -2.35. The van der Waals surface area contributed by atoms with E-state index >= 15 is 0 Å². The monoisotopic (exact) mass is 258 g/mol. The van der Waals surface area contributed by atoms with Crippen LogP contribution in [-0.4, -0.2) is 54.0 Å². The lowest BCUT2D eigenvalue weighted by atomic mass is 10.1. The second kappa shape index (κ2) is 6.50. The highest BCUT2D eigenvalue weighted by molar-refractivity contribution is 5.70. The van der Waals surface area contributed by atoms with Crippen LogP contribution in [0.4, 0.5) is 0 Å². The highest BCUT2D eigenvalue weighted by Gasteiger charge is 2.36. The zero-order valence-electron chi connectivity index (χ0n) is 11.9. The van der Waals surface area contributed by atoms with Crippen LogP contribution in [0.25, 0.3) is 0 Å². The highest BCUT2D eigenvalue weighted by Crippen LogP contribution is 2.25. The molecule has 0 aromatic rings. The first-order valence-corrected chi connectivity index (χ1v) is 6.68. The van der Waals surface area contributed by atoms with Crippen molar-refractivity contribution in [2.75, 3.05) is 26.2 Å². The Labute approximate surface area is 109 Å². The summed E-state index contributed by atoms with van der Waals surface area (Å²) in [6, 6.07) is 0.458. The van der Waals surface area contributed by atoms with Gasteiger partial charge in [-0.3, -0.25) is 9.69 Å². The number of carbonyl (C=O) groups is 1. The molecule has 0 spiro atoms. The van der Waals surface area contributed by atoms with E-state index < -0.39 is 5.97 Å². The van der Waals surface area contributed by atoms with Gasteiger partial charge < -0.3 is 15.2 Å². The molecule has 0 bridgehead atoms. The fraction of sp³-hybridized carbons (Fsp3) is 0.923. The minimum atomic E-state index is -0.699. The van der Waals surface area contributed by atoms with Gasteiger partial charge in [-0.2, -0.15) is 0 Å². The van der Waals surface area contributed by atoms with Gasteiger partial charge in [0.1, 0.15) is 5.72 Å². The molecule has 1 fully saturated rings. The van der Waals surface area contributed by atoms with Crippen LogP contribution in [0.1, 0.15) is 34.1 Å². The van der Waals surface area contributed by atoms with E-state index in [1.165, 1.54) is 0 Å². The van der Waals surface area contributed by atoms with E-state index in [0.29, 0.717) is 25.6 Å². The zero-order chi connectivity index (χ0) is 13.8. The van der Waals surface area contributed by atoms with Crippen LogP contribution in [0, 0.1) is 5.92 Å². The minimum Gasteiger partial charge on any atom is -0.481 e. The lowest BCUT2D eigenvalue weighted by Crippen LogP contribution is -2.46. The Morgan fingerprint density at radius 2 is 2.22 bits per heavy atom. The Hall–Kier alpha value is -0.650. The molecule has 0 aromatic heterocycles. The third-order valence-electron chi connectivity index (χ3n) is 3.41. The fourth-order valence-electron chi connectivity index (χ4n) is 2.19. The summed E-state index contributed by atoms with van der Waals surface area (Å²) < 4.78 is 5.86. The van der Waals surface area contributed by atoms with Crippen molar-refractivity contribution in [2.24, 2.45) is 5.92 Å². The molecule has 106 valence electrons. The van der Waals surface area contributed by atoms with Gasteiger partial charge in [-0.1, -0.05) is 13.8 Å². The van der Waals surface area contributed by atoms with Crippen molar-refractivity contribution in [2.45, 2.75) is 45.9 Å². The third kappa shape index (κ3) is 4.55. The SMILES string of the molecule is CC(C)NCCOC(C)(C)N1CCC(C(=O)O)C1. The third-order valence-corrected chi connectivity index (χ3v) is 3.41. The number of aliphatic carboxylic acids is 1. The Bertz CT molecular complexity index is 279. The molecular weight excluding hydrogens is 232 g/mol. The Morgan fingerprint density at radius 1 is 1.56 bits per heavy atom. The van der Waals surface area contributed by atoms with Crippen LogP contribution in [0.3, 0.4) is 0 Å². The van der Waals surface area contributed by atoms with Crippen molar-refractivity contribution in [3.05, 3.63) is 0 Å². The van der Waals surface area contributed by atoms with Crippen LogP contribution in [-0.2, 0) is 9.53 Å². The molecule has 0 aromatic carbocycles. The van der Waals surface area contributed by atoms with Crippen molar-refractivity contribution in [1.82, 2.24) is 10.2 Å². The van der Waals surface area contributed by atoms with Crippen LogP contribution < -0.4 is 5.32 Å². The van der Waals surface area contributed by atoms with Gasteiger partial charge in [-0.25, -0.2) is 0 Å². The average molecular weight is 258 g/mol. The summed E-state index contributed by atoms with van der Waals surface area (Å²) in [6.45, 7) is 11.0. The Morgan fingerprint density at radius 3 is 2.72 bits per heavy atom. The number of likely N-dealkylation sites (tertiary alicyclic amines) is 1. The molecule has 2 N–H and O–H groups in total. The van der Waals surface area contributed by atoms with Gasteiger partial charge in [0.05, 0.1) is 12.5 Å². The molecule has 1 aliphatic rings. The number of nitrogens with one attached hydrogen (secondary N) is 1. The summed E-state index contributed by atoms with van der Waals surface area (Å²) >= 11 is 0. The van der Waals surface area contributed by atoms with Crippen molar-refractivity contribution in [1.29, 1.82) is 0 Å². The first kappa shape index (κ1) is 15.4. The number of carboxylic acids is 1. The van der Waals surface area contributed by atoms with Gasteiger partial charge in [0.2, 0.25) is 0 Å². The lowest BCUT2D eigenvalue weighted by molar-refractivity contribution is -0.143. The average Bonchev–Trinajstić information content (AvgIpc) is 2.74. The van der Waals surface area contributed by atoms with Crippen molar-refractivity contribution < 1.29 is 14.6 Å². The standard InChI is InChI=1S/C13H26N2O3/c1-10(2)14-6-8-18-13(3,4)15-7-5-11(9-15)12(16)17/h10-11,14H,5-9H2,1-4H3,(H,16,17). The van der Waals surface area contributed by atoms with E-state index in [1.807, 2.05) is 13.8 Å². The predicted octanol–water partition coefficient (Wildman–Crippen LogP) is 1.14. The molecule has 0 aliphatic carbocycles. The van der Waals surface area contributed by atoms with Gasteiger partial charge in [0.25, 0.3) is 0 Å². The summed E-state index contributed by atoms with van der Waals surface area (Å²) in [7, 11) is 0. The molecular formula is C13H26N2O3. The molecule has 1 saturated heterocycles. The molecule has 18 heavy (non-hydrogen) atoms. The summed E-state index contributed by atoms with van der Waals surface area (Å²) in [6.07, 6.45) is 0.715. The minimum absolute atomic E-state index is 0.248. The number of rotatable bonds is 7. The van der Waals surface area contributed by atoms with Crippen LogP contribution in [0.15, 0.2) is 0 Å². The quantitative estimate of drug-likeness (QED) is 0.671. The van der Waals surface area contributed by atoms with Crippen molar-refractivity contribution in [3.63, 3.8) is 0 Å². The van der Waals surface area contributed by atoms with Gasteiger partial charge in [-0.05, 0) is 20.3 Å². The normalized spacial score (nSPS) is 21.7. The molecule has 5 heteroatoms. The Balaban J connectivity index is 2.33. The summed E-state index contributed by atoms with van der Waals surface area (Å²) in [5.74, 6) is -0.948. The van der Waals surface area contributed by atoms with E-state index in [9.17, 15) is 4.79 Å². The number of hydrogen-bond acceptors (Lipinski definition) is 4. The van der Waals surface area contributed by atoms with E-state index in [2.05, 4.69) is 24.1 Å². The Kier molecular flexibility index (Phi) is 5.56. The van der Waals surface area contributed by atoms with Gasteiger partial charge in [0, 0.05) is 25.7 Å². The van der Waals surface area contributed by atoms with Crippen LogP contribution in [0.5, 0.6) is 0 Å². The molecule has 0 radical (unpaired) electrons. The van der Waals surface area contributed by atoms with Gasteiger partial charge >= 0.3 is 5.97 Å². The predicted molar refractivity (Wildman–Crippen MR) is 70.5 cm³/mol. The van der Waals surface area contributed by atoms with E-state index in [1.54, 1.807) is 0 Å². The van der Waals surface area contributed by atoms with Crippen molar-refractivity contribution in [3.8, 4) is 0 Å². The smallest absolute Gasteiger partial charge is 0.307 e. The molecule has 0 amide bonds. The maximum Gasteiger partial charge on any atom is 0.307 e. The first-order chi connectivity index (χ1) is 8.33. The van der Waals surface area contributed by atoms with E-state index in [-0.39, 0.29) is 11.6 Å². The maximum atomic E-state index is 10.9. The summed E-state index contributed by atoms with van der Waals surface area (Å²) in [5.41, 5.74) is -0.386. The topological polar surface area (TPSA) is 61.8 Å². The maximum absolute atomic E-state index is 10.9. The van der Waals surface area contributed by atoms with E-state index in [0.717, 1.165) is 13.1 Å². The number of carboxylic acid groups (broad SMARTS) is 1.